The molecule has 10 nitrogen and oxygen atoms in total. The summed E-state index contributed by atoms with van der Waals surface area (Å²) in [7, 11) is 0. The average Bonchev–Trinajstić information content (AvgIpc) is 3.32. The van der Waals surface area contributed by atoms with Crippen LogP contribution in [-0.2, 0) is 11.3 Å². The van der Waals surface area contributed by atoms with Gasteiger partial charge in [0.1, 0.15) is 18.1 Å². The quantitative estimate of drug-likeness (QED) is 0.504. The molecule has 0 bridgehead atoms. The molecule has 0 amide bonds. The minimum Gasteiger partial charge on any atom is -0.467 e. The van der Waals surface area contributed by atoms with Crippen molar-refractivity contribution in [1.29, 1.82) is 0 Å². The van der Waals surface area contributed by atoms with E-state index in [1.807, 2.05) is 0 Å². The van der Waals surface area contributed by atoms with Crippen LogP contribution < -0.4 is 10.9 Å². The van der Waals surface area contributed by atoms with Crippen molar-refractivity contribution in [2.45, 2.75) is 31.4 Å². The molecule has 4 heterocycles. The van der Waals surface area contributed by atoms with E-state index >= 15 is 0 Å². The van der Waals surface area contributed by atoms with E-state index in [2.05, 4.69) is 20.3 Å². The second-order valence-electron chi connectivity index (χ2n) is 5.79. The molecule has 0 spiro atoms. The van der Waals surface area contributed by atoms with Gasteiger partial charge in [0.05, 0.1) is 31.8 Å². The Hall–Kier alpha value is -2.69. The van der Waals surface area contributed by atoms with Crippen LogP contribution in [0.4, 0.5) is 5.95 Å². The summed E-state index contributed by atoms with van der Waals surface area (Å²) in [6, 6.07) is 3.57. The van der Waals surface area contributed by atoms with E-state index in [0.29, 0.717) is 18.0 Å². The molecule has 0 radical (unpaired) electrons. The highest BCUT2D eigenvalue weighted by Gasteiger charge is 2.35. The van der Waals surface area contributed by atoms with Gasteiger partial charge in [0.25, 0.3) is 5.56 Å². The maximum atomic E-state index is 12.2. The maximum Gasteiger partial charge on any atom is 0.280 e. The summed E-state index contributed by atoms with van der Waals surface area (Å²) in [5, 5.41) is 22.1. The number of aromatic amines is 1. The molecule has 0 aliphatic carbocycles. The fourth-order valence-corrected chi connectivity index (χ4v) is 2.85. The summed E-state index contributed by atoms with van der Waals surface area (Å²) in [6.07, 6.45) is 1.28. The number of rotatable bonds is 5. The predicted molar refractivity (Wildman–Crippen MR) is 85.8 cm³/mol. The SMILES string of the molecule is O=c1[nH]c(NCc2ccco2)nc2c1ncn2C1CC(O)C(CO)O1. The third-order valence-corrected chi connectivity index (χ3v) is 4.14. The Morgan fingerprint density at radius 1 is 1.48 bits per heavy atom. The lowest BCUT2D eigenvalue weighted by Gasteiger charge is -2.13. The molecule has 3 aromatic heterocycles. The number of aliphatic hydroxyl groups is 2. The normalized spacial score (nSPS) is 23.4. The number of H-pyrrole nitrogens is 1. The van der Waals surface area contributed by atoms with Gasteiger partial charge in [-0.3, -0.25) is 14.3 Å². The smallest absolute Gasteiger partial charge is 0.280 e. The summed E-state index contributed by atoms with van der Waals surface area (Å²) < 4.78 is 12.4. The molecule has 132 valence electrons. The van der Waals surface area contributed by atoms with Gasteiger partial charge >= 0.3 is 0 Å². The maximum absolute atomic E-state index is 12.2. The zero-order valence-electron chi connectivity index (χ0n) is 13.1. The first-order valence-electron chi connectivity index (χ1n) is 7.83. The number of furan rings is 1. The van der Waals surface area contributed by atoms with Gasteiger partial charge in [0.2, 0.25) is 5.95 Å². The highest BCUT2D eigenvalue weighted by molar-refractivity contribution is 5.70. The van der Waals surface area contributed by atoms with Gasteiger partial charge in [-0.2, -0.15) is 4.98 Å². The van der Waals surface area contributed by atoms with Crippen molar-refractivity contribution in [2.75, 3.05) is 11.9 Å². The van der Waals surface area contributed by atoms with Crippen molar-refractivity contribution >= 4 is 17.1 Å². The highest BCUT2D eigenvalue weighted by atomic mass is 16.5. The summed E-state index contributed by atoms with van der Waals surface area (Å²) >= 11 is 0. The van der Waals surface area contributed by atoms with Crippen molar-refractivity contribution in [3.05, 3.63) is 40.8 Å². The number of fused-ring (bicyclic) bond motifs is 1. The standard InChI is InChI=1S/C15H17N5O5/c21-6-10-9(22)4-11(25-10)20-7-17-12-13(20)18-15(19-14(12)23)16-5-8-2-1-3-24-8/h1-3,7,9-11,21-22H,4-6H2,(H2,16,18,19,23). The number of nitrogens with one attached hydrogen (secondary N) is 2. The third-order valence-electron chi connectivity index (χ3n) is 4.14. The summed E-state index contributed by atoms with van der Waals surface area (Å²) in [6.45, 7) is 0.0784. The lowest BCUT2D eigenvalue weighted by Crippen LogP contribution is -2.24. The lowest BCUT2D eigenvalue weighted by atomic mass is 10.2. The summed E-state index contributed by atoms with van der Waals surface area (Å²) in [5.74, 6) is 0.970. The minimum atomic E-state index is -0.786. The first-order chi connectivity index (χ1) is 12.2. The Balaban J connectivity index is 1.64. The third kappa shape index (κ3) is 2.90. The number of imidazole rings is 1. The van der Waals surface area contributed by atoms with Crippen LogP contribution in [0.3, 0.4) is 0 Å². The predicted octanol–water partition coefficient (Wildman–Crippen LogP) is -0.0346. The van der Waals surface area contributed by atoms with Crippen LogP contribution in [0, 0.1) is 0 Å². The summed E-state index contributed by atoms with van der Waals surface area (Å²) in [5.41, 5.74) is 0.124. The van der Waals surface area contributed by atoms with Gasteiger partial charge < -0.3 is 24.7 Å². The number of ether oxygens (including phenoxy) is 1. The Morgan fingerprint density at radius 3 is 3.08 bits per heavy atom. The van der Waals surface area contributed by atoms with Gasteiger partial charge in [0.15, 0.2) is 11.2 Å². The van der Waals surface area contributed by atoms with Gasteiger partial charge in [-0.05, 0) is 12.1 Å². The fourth-order valence-electron chi connectivity index (χ4n) is 2.85. The van der Waals surface area contributed by atoms with Crippen molar-refractivity contribution < 1.29 is 19.4 Å². The number of hydrogen-bond acceptors (Lipinski definition) is 8. The Bertz CT molecular complexity index is 918. The van der Waals surface area contributed by atoms with E-state index in [1.54, 1.807) is 23.0 Å². The van der Waals surface area contributed by atoms with Gasteiger partial charge in [-0.1, -0.05) is 0 Å². The molecule has 1 aliphatic heterocycles. The van der Waals surface area contributed by atoms with E-state index < -0.39 is 18.4 Å². The van der Waals surface area contributed by atoms with Crippen molar-refractivity contribution in [1.82, 2.24) is 19.5 Å². The van der Waals surface area contributed by atoms with E-state index in [4.69, 9.17) is 9.15 Å². The zero-order valence-corrected chi connectivity index (χ0v) is 13.1. The van der Waals surface area contributed by atoms with Crippen LogP contribution in [-0.4, -0.2) is 48.5 Å². The van der Waals surface area contributed by atoms with E-state index in [0.717, 1.165) is 0 Å². The largest absolute Gasteiger partial charge is 0.467 e. The minimum absolute atomic E-state index is 0.175. The van der Waals surface area contributed by atoms with Crippen molar-refractivity contribution in [3.8, 4) is 0 Å². The number of anilines is 1. The molecule has 1 aliphatic rings. The Morgan fingerprint density at radius 2 is 2.36 bits per heavy atom. The molecule has 25 heavy (non-hydrogen) atoms. The second-order valence-corrected chi connectivity index (χ2v) is 5.79. The first kappa shape index (κ1) is 15.8. The van der Waals surface area contributed by atoms with Crippen LogP contribution in [0.5, 0.6) is 0 Å². The molecule has 4 rings (SSSR count). The molecule has 3 aromatic rings. The monoisotopic (exact) mass is 347 g/mol. The Labute approximate surface area is 141 Å². The molecule has 3 atom stereocenters. The average molecular weight is 347 g/mol. The first-order valence-corrected chi connectivity index (χ1v) is 7.83. The zero-order chi connectivity index (χ0) is 17.4. The number of aliphatic hydroxyl groups excluding tert-OH is 2. The van der Waals surface area contributed by atoms with Crippen LogP contribution in [0.2, 0.25) is 0 Å². The molecule has 0 saturated carbocycles. The molecule has 1 saturated heterocycles. The van der Waals surface area contributed by atoms with E-state index in [1.165, 1.54) is 6.33 Å². The molecular weight excluding hydrogens is 330 g/mol. The summed E-state index contributed by atoms with van der Waals surface area (Å²) in [4.78, 5) is 23.3. The number of aromatic nitrogens is 4. The van der Waals surface area contributed by atoms with Gasteiger partial charge in [-0.15, -0.1) is 0 Å². The fraction of sp³-hybridized carbons (Fsp3) is 0.400. The molecule has 1 fully saturated rings. The highest BCUT2D eigenvalue weighted by Crippen LogP contribution is 2.30. The molecule has 4 N–H and O–H groups in total. The van der Waals surface area contributed by atoms with Crippen LogP contribution >= 0.6 is 0 Å². The molecule has 0 aromatic carbocycles. The van der Waals surface area contributed by atoms with Crippen LogP contribution in [0.15, 0.2) is 33.9 Å². The van der Waals surface area contributed by atoms with Crippen LogP contribution in [0.25, 0.3) is 11.2 Å². The van der Waals surface area contributed by atoms with Crippen molar-refractivity contribution in [3.63, 3.8) is 0 Å². The van der Waals surface area contributed by atoms with E-state index in [-0.39, 0.29) is 30.1 Å². The molecule has 10 heteroatoms. The molecular formula is C15H17N5O5. The second kappa shape index (κ2) is 6.31. The van der Waals surface area contributed by atoms with Gasteiger partial charge in [-0.25, -0.2) is 4.98 Å². The molecule has 3 unspecified atom stereocenters. The number of hydrogen-bond donors (Lipinski definition) is 4. The van der Waals surface area contributed by atoms with Crippen LogP contribution in [0.1, 0.15) is 18.4 Å². The van der Waals surface area contributed by atoms with E-state index in [9.17, 15) is 15.0 Å². The topological polar surface area (TPSA) is 138 Å². The lowest BCUT2D eigenvalue weighted by molar-refractivity contribution is -0.0432. The Kier molecular flexibility index (Phi) is 3.99. The van der Waals surface area contributed by atoms with Crippen molar-refractivity contribution in [2.24, 2.45) is 0 Å². The number of nitrogens with zero attached hydrogens (tertiary/aromatic N) is 3. The van der Waals surface area contributed by atoms with Gasteiger partial charge in [0, 0.05) is 6.42 Å².